The van der Waals surface area contributed by atoms with Gasteiger partial charge in [-0.15, -0.1) is 6.58 Å². The second kappa shape index (κ2) is 5.21. The molecule has 0 amide bonds. The quantitative estimate of drug-likeness (QED) is 0.755. The second-order valence-corrected chi connectivity index (χ2v) is 8.84. The van der Waals surface area contributed by atoms with Gasteiger partial charge in [-0.1, -0.05) is 38.5 Å². The third-order valence-corrected chi connectivity index (χ3v) is 7.57. The molecule has 3 aliphatic rings. The molecule has 0 aromatic heterocycles. The molecule has 3 rings (SSSR count). The molecule has 2 heteroatoms. The van der Waals surface area contributed by atoms with Crippen LogP contribution in [0.15, 0.2) is 24.3 Å². The first kappa shape index (κ1) is 16.3. The number of aliphatic hydroxyl groups is 2. The van der Waals surface area contributed by atoms with E-state index in [1.807, 2.05) is 0 Å². The molecule has 0 aliphatic heterocycles. The highest BCUT2D eigenvalue weighted by molar-refractivity contribution is 5.27. The average Bonchev–Trinajstić information content (AvgIpc) is 2.51. The van der Waals surface area contributed by atoms with E-state index in [9.17, 15) is 10.2 Å². The highest BCUT2D eigenvalue weighted by atomic mass is 16.3. The van der Waals surface area contributed by atoms with Gasteiger partial charge in [-0.25, -0.2) is 0 Å². The van der Waals surface area contributed by atoms with Crippen LogP contribution in [0.4, 0.5) is 0 Å². The Bertz CT molecular complexity index is 496. The van der Waals surface area contributed by atoms with E-state index in [1.165, 1.54) is 12.8 Å². The van der Waals surface area contributed by atoms with E-state index in [-0.39, 0.29) is 29.0 Å². The van der Waals surface area contributed by atoms with Crippen molar-refractivity contribution in [3.8, 4) is 0 Å². The first-order valence-corrected chi connectivity index (χ1v) is 8.93. The number of allylic oxidation sites excluding steroid dienone is 3. The zero-order valence-electron chi connectivity index (χ0n) is 14.4. The second-order valence-electron chi connectivity index (χ2n) is 8.84. The van der Waals surface area contributed by atoms with Gasteiger partial charge in [0.25, 0.3) is 0 Å². The van der Waals surface area contributed by atoms with Gasteiger partial charge in [0.2, 0.25) is 0 Å². The van der Waals surface area contributed by atoms with Crippen molar-refractivity contribution in [1.29, 1.82) is 0 Å². The molecule has 0 unspecified atom stereocenters. The summed E-state index contributed by atoms with van der Waals surface area (Å²) in [5.74, 6) is 1.04. The van der Waals surface area contributed by atoms with Gasteiger partial charge in [0.15, 0.2) is 0 Å². The van der Waals surface area contributed by atoms with Crippen LogP contribution in [-0.2, 0) is 0 Å². The Morgan fingerprint density at radius 2 is 1.95 bits per heavy atom. The minimum absolute atomic E-state index is 0.102. The van der Waals surface area contributed by atoms with E-state index in [4.69, 9.17) is 0 Å². The average molecular weight is 304 g/mol. The molecule has 0 bridgehead atoms. The van der Waals surface area contributed by atoms with E-state index in [1.54, 1.807) is 5.57 Å². The minimum Gasteiger partial charge on any atom is -0.396 e. The van der Waals surface area contributed by atoms with Crippen molar-refractivity contribution >= 4 is 0 Å². The van der Waals surface area contributed by atoms with E-state index in [0.717, 1.165) is 25.7 Å². The molecule has 2 nitrogen and oxygen atoms in total. The van der Waals surface area contributed by atoms with Crippen LogP contribution in [0.5, 0.6) is 0 Å². The van der Waals surface area contributed by atoms with Crippen LogP contribution in [0.2, 0.25) is 0 Å². The lowest BCUT2D eigenvalue weighted by atomic mass is 9.44. The van der Waals surface area contributed by atoms with Gasteiger partial charge in [-0.2, -0.15) is 0 Å². The lowest BCUT2D eigenvalue weighted by Gasteiger charge is -2.61. The molecule has 2 saturated carbocycles. The minimum atomic E-state index is -0.358. The molecule has 0 spiro atoms. The standard InChI is InChI=1S/C20H32O2/c1-5-18(2)10-8-15-14(12-18)6-7-16-19(15,3)11-9-17(22)20(16,4)13-21/h5,12,15-17,21-22H,1,6-11,13H2,2-4H3/t15-,16+,17-,18+,19+,20-/m0/s1. The summed E-state index contributed by atoms with van der Waals surface area (Å²) in [6, 6.07) is 0. The fourth-order valence-electron chi connectivity index (χ4n) is 5.94. The summed E-state index contributed by atoms with van der Waals surface area (Å²) in [7, 11) is 0. The lowest BCUT2D eigenvalue weighted by molar-refractivity contribution is -0.153. The van der Waals surface area contributed by atoms with E-state index in [2.05, 4.69) is 39.5 Å². The molecule has 22 heavy (non-hydrogen) atoms. The SMILES string of the molecule is C=C[C@@]1(C)C=C2CC[C@H]3[C@](C)(CO)[C@@H](O)CC[C@]3(C)[C@H]2CC1. The lowest BCUT2D eigenvalue weighted by Crippen LogP contribution is -2.58. The maximum absolute atomic E-state index is 10.5. The van der Waals surface area contributed by atoms with E-state index < -0.39 is 0 Å². The van der Waals surface area contributed by atoms with Crippen molar-refractivity contribution in [2.24, 2.45) is 28.1 Å². The Balaban J connectivity index is 1.98. The molecule has 124 valence electrons. The largest absolute Gasteiger partial charge is 0.396 e. The Morgan fingerprint density at radius 3 is 2.59 bits per heavy atom. The summed E-state index contributed by atoms with van der Waals surface area (Å²) in [5, 5.41) is 20.5. The van der Waals surface area contributed by atoms with Crippen molar-refractivity contribution in [2.45, 2.75) is 65.4 Å². The van der Waals surface area contributed by atoms with Crippen LogP contribution in [0.3, 0.4) is 0 Å². The van der Waals surface area contributed by atoms with Gasteiger partial charge in [0, 0.05) is 10.8 Å². The number of fused-ring (bicyclic) bond motifs is 3. The Kier molecular flexibility index (Phi) is 3.85. The van der Waals surface area contributed by atoms with Gasteiger partial charge in [-0.3, -0.25) is 0 Å². The van der Waals surface area contributed by atoms with Crippen molar-refractivity contribution in [1.82, 2.24) is 0 Å². The molecular formula is C20H32O2. The van der Waals surface area contributed by atoms with Crippen LogP contribution in [0, 0.1) is 28.1 Å². The van der Waals surface area contributed by atoms with Crippen molar-refractivity contribution in [3.63, 3.8) is 0 Å². The fraction of sp³-hybridized carbons (Fsp3) is 0.800. The molecular weight excluding hydrogens is 272 g/mol. The van der Waals surface area contributed by atoms with Crippen molar-refractivity contribution < 1.29 is 10.2 Å². The Hall–Kier alpha value is -0.600. The number of rotatable bonds is 2. The zero-order chi connectivity index (χ0) is 16.2. The van der Waals surface area contributed by atoms with Gasteiger partial charge < -0.3 is 10.2 Å². The molecule has 3 aliphatic carbocycles. The highest BCUT2D eigenvalue weighted by Crippen LogP contribution is 2.63. The van der Waals surface area contributed by atoms with Crippen molar-refractivity contribution in [2.75, 3.05) is 6.61 Å². The summed E-state index contributed by atoms with van der Waals surface area (Å²) in [6.45, 7) is 10.9. The van der Waals surface area contributed by atoms with Crippen LogP contribution >= 0.6 is 0 Å². The molecule has 2 fully saturated rings. The molecule has 6 atom stereocenters. The molecule has 0 aromatic rings. The number of aliphatic hydroxyl groups excluding tert-OH is 2. The predicted octanol–water partition coefficient (Wildman–Crippen LogP) is 4.08. The van der Waals surface area contributed by atoms with Crippen LogP contribution in [-0.4, -0.2) is 22.9 Å². The molecule has 0 radical (unpaired) electrons. The zero-order valence-corrected chi connectivity index (χ0v) is 14.4. The highest BCUT2D eigenvalue weighted by Gasteiger charge is 2.58. The predicted molar refractivity (Wildman–Crippen MR) is 90.4 cm³/mol. The first-order chi connectivity index (χ1) is 10.3. The topological polar surface area (TPSA) is 40.5 Å². The smallest absolute Gasteiger partial charge is 0.0618 e. The maximum Gasteiger partial charge on any atom is 0.0618 e. The fourth-order valence-corrected chi connectivity index (χ4v) is 5.94. The van der Waals surface area contributed by atoms with Gasteiger partial charge in [0.1, 0.15) is 0 Å². The molecule has 0 heterocycles. The normalized spacial score (nSPS) is 51.5. The van der Waals surface area contributed by atoms with Crippen LogP contribution in [0.25, 0.3) is 0 Å². The van der Waals surface area contributed by atoms with Gasteiger partial charge in [-0.05, 0) is 55.8 Å². The number of hydrogen-bond acceptors (Lipinski definition) is 2. The monoisotopic (exact) mass is 304 g/mol. The Labute approximate surface area is 135 Å². The summed E-state index contributed by atoms with van der Waals surface area (Å²) in [6.07, 6.45) is 10.8. The first-order valence-electron chi connectivity index (χ1n) is 8.93. The summed E-state index contributed by atoms with van der Waals surface area (Å²) in [5.41, 5.74) is 1.66. The van der Waals surface area contributed by atoms with Gasteiger partial charge >= 0.3 is 0 Å². The van der Waals surface area contributed by atoms with E-state index in [0.29, 0.717) is 11.8 Å². The van der Waals surface area contributed by atoms with Crippen LogP contribution in [0.1, 0.15) is 59.3 Å². The van der Waals surface area contributed by atoms with E-state index >= 15 is 0 Å². The molecule has 0 saturated heterocycles. The third kappa shape index (κ3) is 2.14. The summed E-state index contributed by atoms with van der Waals surface area (Å²) >= 11 is 0. The molecule has 0 aromatic carbocycles. The molecule has 2 N–H and O–H groups in total. The summed E-state index contributed by atoms with van der Waals surface area (Å²) in [4.78, 5) is 0. The maximum atomic E-state index is 10.5. The van der Waals surface area contributed by atoms with Gasteiger partial charge in [0.05, 0.1) is 12.7 Å². The van der Waals surface area contributed by atoms with Crippen LogP contribution < -0.4 is 0 Å². The third-order valence-electron chi connectivity index (χ3n) is 7.57. The van der Waals surface area contributed by atoms with Crippen molar-refractivity contribution in [3.05, 3.63) is 24.3 Å². The number of hydrogen-bond donors (Lipinski definition) is 2. The summed E-state index contributed by atoms with van der Waals surface area (Å²) < 4.78 is 0. The Morgan fingerprint density at radius 1 is 1.23 bits per heavy atom.